The second-order valence-corrected chi connectivity index (χ2v) is 6.98. The van der Waals surface area contributed by atoms with Gasteiger partial charge in [-0.15, -0.1) is 0 Å². The Hall–Kier alpha value is -3.42. The van der Waals surface area contributed by atoms with E-state index in [1.54, 1.807) is 57.3 Å². The molecule has 2 aromatic rings. The molecule has 0 saturated carbocycles. The zero-order chi connectivity index (χ0) is 20.2. The van der Waals surface area contributed by atoms with Crippen LogP contribution < -0.4 is 16.4 Å². The summed E-state index contributed by atoms with van der Waals surface area (Å²) in [5, 5.41) is 13.0. The predicted molar refractivity (Wildman–Crippen MR) is 104 cm³/mol. The van der Waals surface area contributed by atoms with Crippen LogP contribution >= 0.6 is 0 Å². The van der Waals surface area contributed by atoms with E-state index in [0.29, 0.717) is 16.8 Å². The fraction of sp³-hybridized carbons (Fsp3) is 0.263. The van der Waals surface area contributed by atoms with Crippen LogP contribution in [0.2, 0.25) is 0 Å². The molecule has 1 heterocycles. The topological polar surface area (TPSA) is 130 Å². The van der Waals surface area contributed by atoms with Gasteiger partial charge in [-0.2, -0.15) is 0 Å². The molecule has 0 bridgehead atoms. The number of ether oxygens (including phenoxy) is 1. The van der Waals surface area contributed by atoms with Gasteiger partial charge in [0.05, 0.1) is 5.56 Å². The summed E-state index contributed by atoms with van der Waals surface area (Å²) in [6, 6.07) is 8.11. The van der Waals surface area contributed by atoms with E-state index in [0.717, 1.165) is 5.56 Å². The second kappa shape index (κ2) is 7.86. The third kappa shape index (κ3) is 5.81. The first-order valence-corrected chi connectivity index (χ1v) is 8.27. The molecule has 0 aliphatic heterocycles. The van der Waals surface area contributed by atoms with Gasteiger partial charge in [0.25, 0.3) is 5.91 Å². The molecule has 142 valence electrons. The van der Waals surface area contributed by atoms with Crippen molar-refractivity contribution in [2.75, 3.05) is 11.1 Å². The molecule has 8 heteroatoms. The number of carbonyl (C=O) groups excluding carboxylic acids is 2. The first-order valence-electron chi connectivity index (χ1n) is 8.27. The summed E-state index contributed by atoms with van der Waals surface area (Å²) in [7, 11) is 0. The molecule has 0 fully saturated rings. The summed E-state index contributed by atoms with van der Waals surface area (Å²) < 4.78 is 5.11. The minimum atomic E-state index is -0.702. The number of alkyl carbamates (subject to hydrolysis) is 1. The van der Waals surface area contributed by atoms with Crippen LogP contribution in [0, 0.1) is 12.3 Å². The highest BCUT2D eigenvalue weighted by Crippen LogP contribution is 2.15. The number of carbonyl (C=O) groups is 2. The molecule has 1 aromatic carbocycles. The van der Waals surface area contributed by atoms with Crippen molar-refractivity contribution in [2.24, 2.45) is 0 Å². The molecule has 0 unspecified atom stereocenters. The minimum Gasteiger partial charge on any atom is -0.444 e. The number of hydrogen-bond acceptors (Lipinski definition) is 6. The predicted octanol–water partition coefficient (Wildman–Crippen LogP) is 3.07. The second-order valence-electron chi connectivity index (χ2n) is 6.98. The molecule has 5 N–H and O–H groups in total. The Bertz CT molecular complexity index is 870. The third-order valence-electron chi connectivity index (χ3n) is 3.36. The lowest BCUT2D eigenvalue weighted by atomic mass is 10.1. The average molecular weight is 369 g/mol. The average Bonchev–Trinajstić information content (AvgIpc) is 2.55. The fourth-order valence-electron chi connectivity index (χ4n) is 2.16. The van der Waals surface area contributed by atoms with Gasteiger partial charge < -0.3 is 15.8 Å². The third-order valence-corrected chi connectivity index (χ3v) is 3.36. The molecule has 2 amide bonds. The standard InChI is InChI=1S/C19H23N5O3/c1-11-9-14(16(21)22-10-11)17(25)23-13-7-5-12(6-8-13)15(20)24-18(26)27-19(2,3)4/h5-10H,1-4H3,(H2,21,22)(H,23,25)(H2,20,24,26). The van der Waals surface area contributed by atoms with E-state index in [9.17, 15) is 9.59 Å². The van der Waals surface area contributed by atoms with Crippen LogP contribution in [0.1, 0.15) is 42.3 Å². The van der Waals surface area contributed by atoms with Crippen LogP contribution in [0.4, 0.5) is 16.3 Å². The van der Waals surface area contributed by atoms with Crippen LogP contribution in [-0.2, 0) is 4.74 Å². The van der Waals surface area contributed by atoms with Gasteiger partial charge in [-0.1, -0.05) is 0 Å². The molecule has 0 aliphatic carbocycles. The van der Waals surface area contributed by atoms with E-state index in [4.69, 9.17) is 15.9 Å². The van der Waals surface area contributed by atoms with Crippen molar-refractivity contribution in [2.45, 2.75) is 33.3 Å². The zero-order valence-corrected chi connectivity index (χ0v) is 15.7. The summed E-state index contributed by atoms with van der Waals surface area (Å²) >= 11 is 0. The number of aryl methyl sites for hydroxylation is 1. The highest BCUT2D eigenvalue weighted by Gasteiger charge is 2.17. The Labute approximate surface area is 157 Å². The van der Waals surface area contributed by atoms with E-state index >= 15 is 0 Å². The SMILES string of the molecule is Cc1cnc(N)c(C(=O)Nc2ccc(C(=N)NC(=O)OC(C)(C)C)cc2)c1. The molecular weight excluding hydrogens is 346 g/mol. The number of hydrogen-bond donors (Lipinski definition) is 4. The van der Waals surface area contributed by atoms with Crippen LogP contribution in [0.15, 0.2) is 36.5 Å². The normalized spacial score (nSPS) is 10.8. The van der Waals surface area contributed by atoms with Crippen molar-refractivity contribution in [3.63, 3.8) is 0 Å². The number of amidine groups is 1. The van der Waals surface area contributed by atoms with Gasteiger partial charge in [-0.3, -0.25) is 15.5 Å². The maximum atomic E-state index is 12.3. The van der Waals surface area contributed by atoms with E-state index in [2.05, 4.69) is 15.6 Å². The Kier molecular flexibility index (Phi) is 5.79. The zero-order valence-electron chi connectivity index (χ0n) is 15.7. The van der Waals surface area contributed by atoms with Gasteiger partial charge >= 0.3 is 6.09 Å². The number of rotatable bonds is 3. The van der Waals surface area contributed by atoms with E-state index in [-0.39, 0.29) is 17.6 Å². The van der Waals surface area contributed by atoms with Crippen LogP contribution in [0.25, 0.3) is 0 Å². The summed E-state index contributed by atoms with van der Waals surface area (Å²) in [6.45, 7) is 7.04. The number of nitrogens with two attached hydrogens (primary N) is 1. The lowest BCUT2D eigenvalue weighted by Crippen LogP contribution is -2.36. The van der Waals surface area contributed by atoms with Crippen molar-refractivity contribution in [1.29, 1.82) is 5.41 Å². The molecular formula is C19H23N5O3. The van der Waals surface area contributed by atoms with Crippen molar-refractivity contribution in [1.82, 2.24) is 10.3 Å². The lowest BCUT2D eigenvalue weighted by molar-refractivity contribution is 0.0563. The molecule has 0 aliphatic rings. The highest BCUT2D eigenvalue weighted by molar-refractivity contribution is 6.08. The number of aromatic nitrogens is 1. The number of amides is 2. The number of nitrogens with zero attached hydrogens (tertiary/aromatic N) is 1. The monoisotopic (exact) mass is 369 g/mol. The maximum Gasteiger partial charge on any atom is 0.413 e. The van der Waals surface area contributed by atoms with Crippen LogP contribution in [0.5, 0.6) is 0 Å². The van der Waals surface area contributed by atoms with Crippen LogP contribution in [-0.4, -0.2) is 28.4 Å². The van der Waals surface area contributed by atoms with Gasteiger partial charge in [0, 0.05) is 17.4 Å². The molecule has 8 nitrogen and oxygen atoms in total. The smallest absolute Gasteiger partial charge is 0.413 e. The first-order chi connectivity index (χ1) is 12.5. The van der Waals surface area contributed by atoms with Crippen molar-refractivity contribution in [3.8, 4) is 0 Å². The van der Waals surface area contributed by atoms with E-state index in [1.165, 1.54) is 0 Å². The van der Waals surface area contributed by atoms with Crippen molar-refractivity contribution < 1.29 is 14.3 Å². The molecule has 1 aromatic heterocycles. The Balaban J connectivity index is 2.02. The first kappa shape index (κ1) is 19.9. The number of nitrogens with one attached hydrogen (secondary N) is 3. The highest BCUT2D eigenvalue weighted by atomic mass is 16.6. The van der Waals surface area contributed by atoms with Crippen molar-refractivity contribution >= 4 is 29.3 Å². The minimum absolute atomic E-state index is 0.103. The quantitative estimate of drug-likeness (QED) is 0.488. The maximum absolute atomic E-state index is 12.3. The van der Waals surface area contributed by atoms with E-state index < -0.39 is 11.7 Å². The Morgan fingerprint density at radius 1 is 1.19 bits per heavy atom. The number of pyridine rings is 1. The number of anilines is 2. The largest absolute Gasteiger partial charge is 0.444 e. The molecule has 27 heavy (non-hydrogen) atoms. The van der Waals surface area contributed by atoms with Gasteiger partial charge in [0.1, 0.15) is 17.3 Å². The summed E-state index contributed by atoms with van der Waals surface area (Å²) in [6.07, 6.45) is 0.886. The summed E-state index contributed by atoms with van der Waals surface area (Å²) in [5.41, 5.74) is 7.20. The number of nitrogen functional groups attached to an aromatic ring is 1. The van der Waals surface area contributed by atoms with Crippen LogP contribution in [0.3, 0.4) is 0 Å². The lowest BCUT2D eigenvalue weighted by Gasteiger charge is -2.19. The number of benzene rings is 1. The molecule has 0 atom stereocenters. The van der Waals surface area contributed by atoms with Gasteiger partial charge in [0.2, 0.25) is 0 Å². The van der Waals surface area contributed by atoms with E-state index in [1.807, 2.05) is 6.92 Å². The Morgan fingerprint density at radius 2 is 1.81 bits per heavy atom. The molecule has 2 rings (SSSR count). The van der Waals surface area contributed by atoms with Gasteiger partial charge in [0.15, 0.2) is 0 Å². The Morgan fingerprint density at radius 3 is 2.41 bits per heavy atom. The molecule has 0 spiro atoms. The summed E-state index contributed by atoms with van der Waals surface area (Å²) in [5.74, 6) is -0.328. The summed E-state index contributed by atoms with van der Waals surface area (Å²) in [4.78, 5) is 28.0. The van der Waals surface area contributed by atoms with Gasteiger partial charge in [-0.25, -0.2) is 9.78 Å². The van der Waals surface area contributed by atoms with Crippen molar-refractivity contribution in [3.05, 3.63) is 53.2 Å². The fourth-order valence-corrected chi connectivity index (χ4v) is 2.16. The molecule has 0 radical (unpaired) electrons. The van der Waals surface area contributed by atoms with Gasteiger partial charge in [-0.05, 0) is 63.6 Å². The molecule has 0 saturated heterocycles.